The van der Waals surface area contributed by atoms with E-state index in [1.54, 1.807) is 0 Å². The van der Waals surface area contributed by atoms with Gasteiger partial charge in [0.25, 0.3) is 0 Å². The molecule has 0 aliphatic heterocycles. The van der Waals surface area contributed by atoms with Gasteiger partial charge in [-0.25, -0.2) is 0 Å². The quantitative estimate of drug-likeness (QED) is 0.0344. The smallest absolute Gasteiger partial charge is 0.548 e. The van der Waals surface area contributed by atoms with E-state index in [1.165, 1.54) is 167 Å². The minimum Gasteiger partial charge on any atom is -0.548 e. The third-order valence-corrected chi connectivity index (χ3v) is 11.1. The van der Waals surface area contributed by atoms with E-state index in [1.807, 2.05) is 0 Å². The van der Waals surface area contributed by atoms with E-state index in [4.69, 9.17) is 11.5 Å². The maximum absolute atomic E-state index is 11.7. The molecule has 11 heteroatoms. The second kappa shape index (κ2) is 50.8. The van der Waals surface area contributed by atoms with E-state index in [0.717, 1.165) is 38.5 Å². The topological polar surface area (TPSA) is 190 Å². The van der Waals surface area contributed by atoms with Gasteiger partial charge in [0, 0.05) is 38.0 Å². The number of carbonyl (C=O) groups is 4. The van der Waals surface area contributed by atoms with Gasteiger partial charge >= 0.3 is 19.5 Å². The molecule has 0 radical (unpaired) electrons. The molecule has 0 saturated heterocycles. The van der Waals surface area contributed by atoms with Crippen molar-refractivity contribution in [1.82, 2.24) is 10.6 Å². The van der Waals surface area contributed by atoms with Crippen LogP contribution in [-0.4, -0.2) is 48.9 Å². The van der Waals surface area contributed by atoms with Crippen LogP contribution in [0.25, 0.3) is 0 Å². The Balaban J connectivity index is -0.00000105. The van der Waals surface area contributed by atoms with E-state index in [2.05, 4.69) is 24.5 Å². The normalized spacial score (nSPS) is 11.9. The summed E-state index contributed by atoms with van der Waals surface area (Å²) in [4.78, 5) is 44.5. The fourth-order valence-corrected chi connectivity index (χ4v) is 7.16. The van der Waals surface area contributed by atoms with Crippen LogP contribution in [0.5, 0.6) is 0 Å². The molecule has 0 aliphatic carbocycles. The summed E-state index contributed by atoms with van der Waals surface area (Å²) in [5.41, 5.74) is 10.8. The van der Waals surface area contributed by atoms with Gasteiger partial charge in [0.1, 0.15) is 0 Å². The molecule has 0 aromatic carbocycles. The summed E-state index contributed by atoms with van der Waals surface area (Å²) < 4.78 is 0. The summed E-state index contributed by atoms with van der Waals surface area (Å²) >= 11 is 0. The molecule has 6 N–H and O–H groups in total. The van der Waals surface area contributed by atoms with Gasteiger partial charge in [-0.3, -0.25) is 9.59 Å². The number of amides is 2. The van der Waals surface area contributed by atoms with Crippen molar-refractivity contribution >= 4 is 23.8 Å². The average molecular weight is 889 g/mol. The number of nitrogens with one attached hydrogen (secondary N) is 2. The van der Waals surface area contributed by atoms with Crippen LogP contribution in [-0.2, 0) is 38.7 Å². The van der Waals surface area contributed by atoms with Gasteiger partial charge in [0.15, 0.2) is 0 Å². The molecule has 0 aromatic heterocycles. The Morgan fingerprint density at radius 2 is 0.593 bits per heavy atom. The van der Waals surface area contributed by atoms with Crippen LogP contribution >= 0.6 is 0 Å². The van der Waals surface area contributed by atoms with Crippen LogP contribution in [0.15, 0.2) is 0 Å². The number of rotatable bonds is 44. The Kier molecular flexibility index (Phi) is 53.1. The molecule has 0 saturated carbocycles. The van der Waals surface area contributed by atoms with Crippen molar-refractivity contribution in [3.8, 4) is 0 Å². The Labute approximate surface area is 376 Å². The maximum atomic E-state index is 11.7. The predicted molar refractivity (Wildman–Crippen MR) is 239 cm³/mol. The standard InChI is InChI=1S/2C24H48N2O3.Zn/c2*1-2-3-4-5-6-7-8-9-10-11-12-13-14-15-16-20-23(27)26-21-18-17-19-22(25)24(28)29;/h2*22H,2-21,25H2,1H3,(H,26,27)(H,28,29);/q;;+2/p-2. The Morgan fingerprint density at radius 1 is 0.373 bits per heavy atom. The molecule has 2 atom stereocenters. The van der Waals surface area contributed by atoms with Crippen molar-refractivity contribution in [2.75, 3.05) is 13.1 Å². The summed E-state index contributed by atoms with van der Waals surface area (Å²) in [7, 11) is 0. The molecule has 59 heavy (non-hydrogen) atoms. The summed E-state index contributed by atoms with van der Waals surface area (Å²) in [5.74, 6) is -2.21. The Bertz CT molecular complexity index is 856. The predicted octanol–water partition coefficient (Wildman–Crippen LogP) is 9.22. The fraction of sp³-hybridized carbons (Fsp3) is 0.917. The first-order valence-electron chi connectivity index (χ1n) is 24.6. The minimum atomic E-state index is -1.21. The number of nitrogens with two attached hydrogens (primary N) is 2. The second-order valence-electron chi connectivity index (χ2n) is 16.9. The molecular formula is C48H94N4O6Zn. The maximum Gasteiger partial charge on any atom is 2.00 e. The number of hydrogen-bond acceptors (Lipinski definition) is 8. The number of aliphatic carboxylic acids is 2. The molecule has 0 fully saturated rings. The number of carboxylic acids is 2. The molecule has 10 nitrogen and oxygen atoms in total. The number of carbonyl (C=O) groups excluding carboxylic acids is 4. The monoisotopic (exact) mass is 887 g/mol. The molecule has 0 aromatic rings. The summed E-state index contributed by atoms with van der Waals surface area (Å²) in [6, 6.07) is -1.79. The molecule has 0 bridgehead atoms. The van der Waals surface area contributed by atoms with Crippen molar-refractivity contribution < 1.29 is 48.9 Å². The zero-order valence-electron chi connectivity index (χ0n) is 38.8. The van der Waals surface area contributed by atoms with Crippen LogP contribution < -0.4 is 32.3 Å². The van der Waals surface area contributed by atoms with Crippen LogP contribution in [0.4, 0.5) is 0 Å². The molecule has 0 rings (SSSR count). The Morgan fingerprint density at radius 3 is 0.814 bits per heavy atom. The largest absolute Gasteiger partial charge is 2.00 e. The van der Waals surface area contributed by atoms with Crippen LogP contribution in [0, 0.1) is 0 Å². The third-order valence-electron chi connectivity index (χ3n) is 11.1. The first-order valence-corrected chi connectivity index (χ1v) is 24.6. The number of carboxylic acid groups (broad SMARTS) is 2. The molecule has 2 unspecified atom stereocenters. The van der Waals surface area contributed by atoms with Crippen molar-refractivity contribution in [2.24, 2.45) is 11.5 Å². The fourth-order valence-electron chi connectivity index (χ4n) is 7.16. The van der Waals surface area contributed by atoms with E-state index in [0.29, 0.717) is 51.6 Å². The summed E-state index contributed by atoms with van der Waals surface area (Å²) in [6.07, 6.45) is 44.6. The minimum absolute atomic E-state index is 0. The molecule has 0 aliphatic rings. The van der Waals surface area contributed by atoms with Gasteiger partial charge < -0.3 is 41.9 Å². The average Bonchev–Trinajstić information content (AvgIpc) is 3.20. The van der Waals surface area contributed by atoms with E-state index in [-0.39, 0.29) is 31.3 Å². The number of hydrogen-bond donors (Lipinski definition) is 4. The van der Waals surface area contributed by atoms with Gasteiger partial charge in [-0.05, 0) is 51.4 Å². The van der Waals surface area contributed by atoms with Gasteiger partial charge in [0.05, 0.1) is 11.9 Å². The van der Waals surface area contributed by atoms with Crippen LogP contribution in [0.1, 0.15) is 258 Å². The van der Waals surface area contributed by atoms with Gasteiger partial charge in [-0.1, -0.05) is 194 Å². The van der Waals surface area contributed by atoms with E-state index < -0.39 is 24.0 Å². The molecule has 0 spiro atoms. The SMILES string of the molecule is CCCCCCCCCCCCCCCCCC(=O)NCCCCC(N)C(=O)[O-].CCCCCCCCCCCCCCCCCC(=O)NCCCCC(N)C(=O)[O-].[Zn+2]. The van der Waals surface area contributed by atoms with Crippen LogP contribution in [0.2, 0.25) is 0 Å². The Hall–Kier alpha value is -1.58. The molecule has 2 amide bonds. The molecular weight excluding hydrogens is 794 g/mol. The zero-order chi connectivity index (χ0) is 43.2. The van der Waals surface area contributed by atoms with Gasteiger partial charge in [0.2, 0.25) is 11.8 Å². The third kappa shape index (κ3) is 52.5. The van der Waals surface area contributed by atoms with Gasteiger partial charge in [-0.15, -0.1) is 0 Å². The molecule has 344 valence electrons. The zero-order valence-corrected chi connectivity index (χ0v) is 41.7. The second-order valence-corrected chi connectivity index (χ2v) is 16.9. The van der Waals surface area contributed by atoms with Crippen molar-refractivity contribution in [3.05, 3.63) is 0 Å². The first-order chi connectivity index (χ1) is 28.1. The number of unbranched alkanes of at least 4 members (excludes halogenated alkanes) is 30. The van der Waals surface area contributed by atoms with Crippen LogP contribution in [0.3, 0.4) is 0 Å². The summed E-state index contributed by atoms with van der Waals surface area (Å²) in [6.45, 7) is 5.72. The van der Waals surface area contributed by atoms with Gasteiger partial charge in [-0.2, -0.15) is 0 Å². The van der Waals surface area contributed by atoms with Crippen molar-refractivity contribution in [2.45, 2.75) is 270 Å². The van der Waals surface area contributed by atoms with Crippen molar-refractivity contribution in [1.29, 1.82) is 0 Å². The van der Waals surface area contributed by atoms with E-state index in [9.17, 15) is 29.4 Å². The molecule has 0 heterocycles. The van der Waals surface area contributed by atoms with E-state index >= 15 is 0 Å². The first kappa shape index (κ1) is 61.7. The van der Waals surface area contributed by atoms with Crippen molar-refractivity contribution in [3.63, 3.8) is 0 Å². The summed E-state index contributed by atoms with van der Waals surface area (Å²) in [5, 5.41) is 26.8.